The molecule has 1 heterocycles. The maximum absolute atomic E-state index is 2.54. The highest BCUT2D eigenvalue weighted by atomic mass is 15.3. The molecule has 0 aromatic rings. The van der Waals surface area contributed by atoms with Gasteiger partial charge in [0.15, 0.2) is 0 Å². The van der Waals surface area contributed by atoms with Gasteiger partial charge in [0.2, 0.25) is 0 Å². The van der Waals surface area contributed by atoms with E-state index in [1.165, 1.54) is 38.2 Å². The van der Waals surface area contributed by atoms with Crippen molar-refractivity contribution >= 4 is 0 Å². The molecule has 2 heteroatoms. The van der Waals surface area contributed by atoms with Gasteiger partial charge in [0.05, 0.1) is 0 Å². The predicted octanol–water partition coefficient (Wildman–Crippen LogP) is 2.49. The fourth-order valence-electron chi connectivity index (χ4n) is 2.42. The molecular formula is C14H24N2. The molecule has 2 nitrogen and oxygen atoms in total. The van der Waals surface area contributed by atoms with Crippen LogP contribution in [0.25, 0.3) is 0 Å². The van der Waals surface area contributed by atoms with Gasteiger partial charge in [0.1, 0.15) is 0 Å². The molecule has 2 aliphatic rings. The molecule has 0 radical (unpaired) electrons. The number of likely N-dealkylation sites (N-methyl/N-ethyl adjacent to an activating group) is 1. The first-order valence-corrected chi connectivity index (χ1v) is 6.48. The van der Waals surface area contributed by atoms with Crippen molar-refractivity contribution in [3.8, 4) is 0 Å². The summed E-state index contributed by atoms with van der Waals surface area (Å²) >= 11 is 0. The highest BCUT2D eigenvalue weighted by Gasteiger charge is 2.21. The normalized spacial score (nSPS) is 32.4. The second kappa shape index (κ2) is 5.05. The van der Waals surface area contributed by atoms with Crippen molar-refractivity contribution in [3.05, 3.63) is 23.9 Å². The van der Waals surface area contributed by atoms with Crippen molar-refractivity contribution in [2.24, 2.45) is 5.92 Å². The first-order valence-electron chi connectivity index (χ1n) is 6.48. The molecule has 1 aliphatic carbocycles. The monoisotopic (exact) mass is 220 g/mol. The fourth-order valence-corrected chi connectivity index (χ4v) is 2.42. The van der Waals surface area contributed by atoms with E-state index in [4.69, 9.17) is 0 Å². The first kappa shape index (κ1) is 11.7. The molecule has 90 valence electrons. The second-order valence-electron chi connectivity index (χ2n) is 5.38. The van der Waals surface area contributed by atoms with Crippen LogP contribution in [0.4, 0.5) is 0 Å². The Labute approximate surface area is 99.6 Å². The average Bonchev–Trinajstić information content (AvgIpc) is 2.47. The first-order chi connectivity index (χ1) is 7.66. The van der Waals surface area contributed by atoms with Crippen molar-refractivity contribution in [2.45, 2.75) is 32.7 Å². The predicted molar refractivity (Wildman–Crippen MR) is 69.3 cm³/mol. The van der Waals surface area contributed by atoms with Gasteiger partial charge in [-0.25, -0.2) is 0 Å². The third-order valence-electron chi connectivity index (χ3n) is 3.88. The molecule has 0 spiro atoms. The van der Waals surface area contributed by atoms with Gasteiger partial charge in [-0.1, -0.05) is 19.1 Å². The summed E-state index contributed by atoms with van der Waals surface area (Å²) in [5, 5.41) is 0. The zero-order valence-electron chi connectivity index (χ0n) is 10.8. The third kappa shape index (κ3) is 2.67. The molecule has 0 amide bonds. The molecule has 1 saturated heterocycles. The van der Waals surface area contributed by atoms with Crippen LogP contribution in [0, 0.1) is 5.92 Å². The van der Waals surface area contributed by atoms with E-state index in [0.29, 0.717) is 6.04 Å². The fraction of sp³-hybridized carbons (Fsp3) is 0.714. The largest absolute Gasteiger partial charge is 0.369 e. The third-order valence-corrected chi connectivity index (χ3v) is 3.88. The Morgan fingerprint density at radius 1 is 1.19 bits per heavy atom. The van der Waals surface area contributed by atoms with Crippen LogP contribution in [0.1, 0.15) is 26.7 Å². The lowest BCUT2D eigenvalue weighted by molar-refractivity contribution is 0.133. The number of rotatable bonds is 1. The van der Waals surface area contributed by atoms with Crippen molar-refractivity contribution in [3.63, 3.8) is 0 Å². The quantitative estimate of drug-likeness (QED) is 0.670. The smallest absolute Gasteiger partial charge is 0.0331 e. The van der Waals surface area contributed by atoms with E-state index < -0.39 is 0 Å². The Morgan fingerprint density at radius 2 is 2.00 bits per heavy atom. The lowest BCUT2D eigenvalue weighted by atomic mass is 10.1. The molecule has 16 heavy (non-hydrogen) atoms. The summed E-state index contributed by atoms with van der Waals surface area (Å²) in [6, 6.07) is 0.670. The van der Waals surface area contributed by atoms with Gasteiger partial charge < -0.3 is 9.80 Å². The van der Waals surface area contributed by atoms with E-state index in [-0.39, 0.29) is 0 Å². The number of hydrogen-bond donors (Lipinski definition) is 0. The highest BCUT2D eigenvalue weighted by Crippen LogP contribution is 2.21. The molecule has 2 unspecified atom stereocenters. The van der Waals surface area contributed by atoms with Crippen LogP contribution in [0.15, 0.2) is 23.9 Å². The SMILES string of the molecule is CC1CC=CC(N2CCN(C)C(C)C2)=CC1. The van der Waals surface area contributed by atoms with Gasteiger partial charge in [-0.15, -0.1) is 0 Å². The van der Waals surface area contributed by atoms with Gasteiger partial charge in [0.25, 0.3) is 0 Å². The minimum absolute atomic E-state index is 0.670. The van der Waals surface area contributed by atoms with Crippen LogP contribution in [-0.4, -0.2) is 42.5 Å². The minimum atomic E-state index is 0.670. The van der Waals surface area contributed by atoms with Crippen molar-refractivity contribution in [1.29, 1.82) is 0 Å². The summed E-state index contributed by atoms with van der Waals surface area (Å²) < 4.78 is 0. The Morgan fingerprint density at radius 3 is 2.75 bits per heavy atom. The zero-order chi connectivity index (χ0) is 11.5. The standard InChI is InChI=1S/C14H24N2/c1-12-5-4-6-14(8-7-12)16-10-9-15(3)13(2)11-16/h4,6,8,12-13H,5,7,9-11H2,1-3H3. The Kier molecular flexibility index (Phi) is 3.70. The number of hydrogen-bond acceptors (Lipinski definition) is 2. The Bertz CT molecular complexity index is 293. The van der Waals surface area contributed by atoms with E-state index >= 15 is 0 Å². The highest BCUT2D eigenvalue weighted by molar-refractivity contribution is 5.20. The topological polar surface area (TPSA) is 6.48 Å². The summed E-state index contributed by atoms with van der Waals surface area (Å²) in [6.07, 6.45) is 9.53. The maximum Gasteiger partial charge on any atom is 0.0331 e. The minimum Gasteiger partial charge on any atom is -0.369 e. The molecule has 0 N–H and O–H groups in total. The zero-order valence-corrected chi connectivity index (χ0v) is 10.8. The number of nitrogens with zero attached hydrogens (tertiary/aromatic N) is 2. The molecule has 0 aromatic heterocycles. The summed E-state index contributed by atoms with van der Waals surface area (Å²) in [5.74, 6) is 0.804. The summed E-state index contributed by atoms with van der Waals surface area (Å²) in [7, 11) is 2.22. The van der Waals surface area contributed by atoms with Gasteiger partial charge in [-0.05, 0) is 38.8 Å². The molecule has 0 saturated carbocycles. The molecule has 0 aromatic carbocycles. The van der Waals surface area contributed by atoms with Crippen LogP contribution in [0.2, 0.25) is 0 Å². The summed E-state index contributed by atoms with van der Waals surface area (Å²) in [5.41, 5.74) is 1.45. The van der Waals surface area contributed by atoms with Crippen molar-refractivity contribution in [1.82, 2.24) is 9.80 Å². The van der Waals surface area contributed by atoms with Gasteiger partial charge in [0, 0.05) is 31.4 Å². The van der Waals surface area contributed by atoms with Crippen LogP contribution < -0.4 is 0 Å². The van der Waals surface area contributed by atoms with Crippen LogP contribution >= 0.6 is 0 Å². The van der Waals surface area contributed by atoms with Gasteiger partial charge >= 0.3 is 0 Å². The maximum atomic E-state index is 2.54. The van der Waals surface area contributed by atoms with E-state index in [2.05, 4.69) is 48.9 Å². The molecule has 1 aliphatic heterocycles. The van der Waals surface area contributed by atoms with Gasteiger partial charge in [-0.3, -0.25) is 0 Å². The van der Waals surface area contributed by atoms with Crippen LogP contribution in [0.3, 0.4) is 0 Å². The lowest BCUT2D eigenvalue weighted by Crippen LogP contribution is -2.49. The number of allylic oxidation sites excluding steroid dienone is 3. The summed E-state index contributed by atoms with van der Waals surface area (Å²) in [6.45, 7) is 8.17. The molecule has 2 rings (SSSR count). The van der Waals surface area contributed by atoms with E-state index in [1.807, 2.05) is 0 Å². The van der Waals surface area contributed by atoms with Crippen LogP contribution in [-0.2, 0) is 0 Å². The Balaban J connectivity index is 2.02. The molecule has 2 atom stereocenters. The van der Waals surface area contributed by atoms with E-state index in [0.717, 1.165) is 5.92 Å². The number of piperazine rings is 1. The van der Waals surface area contributed by atoms with E-state index in [9.17, 15) is 0 Å². The average molecular weight is 220 g/mol. The summed E-state index contributed by atoms with van der Waals surface area (Å²) in [4.78, 5) is 4.99. The van der Waals surface area contributed by atoms with Crippen LogP contribution in [0.5, 0.6) is 0 Å². The van der Waals surface area contributed by atoms with Crippen molar-refractivity contribution in [2.75, 3.05) is 26.7 Å². The lowest BCUT2D eigenvalue weighted by Gasteiger charge is -2.39. The molecule has 1 fully saturated rings. The van der Waals surface area contributed by atoms with Gasteiger partial charge in [-0.2, -0.15) is 0 Å². The molecule has 0 bridgehead atoms. The van der Waals surface area contributed by atoms with Crippen molar-refractivity contribution < 1.29 is 0 Å². The second-order valence-corrected chi connectivity index (χ2v) is 5.38. The molecular weight excluding hydrogens is 196 g/mol. The van der Waals surface area contributed by atoms with E-state index in [1.54, 1.807) is 0 Å². The Hall–Kier alpha value is -0.760.